The van der Waals surface area contributed by atoms with Crippen molar-refractivity contribution in [3.63, 3.8) is 0 Å². The Hall–Kier alpha value is -1.70. The van der Waals surface area contributed by atoms with Crippen LogP contribution in [0.4, 0.5) is 11.5 Å². The molecular formula is C10H13N3O4S. The second kappa shape index (κ2) is 4.52. The zero-order chi connectivity index (χ0) is 13.3. The van der Waals surface area contributed by atoms with Crippen molar-refractivity contribution >= 4 is 21.3 Å². The van der Waals surface area contributed by atoms with E-state index in [0.29, 0.717) is 12.1 Å². The quantitative estimate of drug-likeness (QED) is 0.647. The van der Waals surface area contributed by atoms with Gasteiger partial charge < -0.3 is 5.32 Å². The predicted octanol–water partition coefficient (Wildman–Crippen LogP) is 0.897. The monoisotopic (exact) mass is 271 g/mol. The fourth-order valence-corrected chi connectivity index (χ4v) is 3.58. The number of pyridine rings is 1. The third-order valence-corrected chi connectivity index (χ3v) is 4.55. The number of aromatic nitrogens is 1. The zero-order valence-electron chi connectivity index (χ0n) is 9.79. The summed E-state index contributed by atoms with van der Waals surface area (Å²) in [6.07, 6.45) is 0.453. The Kier molecular flexibility index (Phi) is 3.20. The Bertz CT molecular complexity index is 585. The normalized spacial score (nSPS) is 21.7. The molecule has 18 heavy (non-hydrogen) atoms. The molecule has 7 nitrogen and oxygen atoms in total. The van der Waals surface area contributed by atoms with E-state index < -0.39 is 14.8 Å². The summed E-state index contributed by atoms with van der Waals surface area (Å²) >= 11 is 0. The molecule has 1 aliphatic rings. The van der Waals surface area contributed by atoms with Crippen molar-refractivity contribution in [3.05, 3.63) is 27.9 Å². The Morgan fingerprint density at radius 3 is 2.78 bits per heavy atom. The lowest BCUT2D eigenvalue weighted by Gasteiger charge is -2.11. The minimum absolute atomic E-state index is 0.000222. The van der Waals surface area contributed by atoms with Crippen molar-refractivity contribution in [3.8, 4) is 0 Å². The fraction of sp³-hybridized carbons (Fsp3) is 0.500. The number of aryl methyl sites for hydroxylation is 1. The van der Waals surface area contributed by atoms with Gasteiger partial charge in [0.1, 0.15) is 0 Å². The first-order valence-electron chi connectivity index (χ1n) is 5.46. The smallest absolute Gasteiger partial charge is 0.311 e. The number of nitro groups is 1. The highest BCUT2D eigenvalue weighted by atomic mass is 32.2. The molecule has 2 heterocycles. The molecule has 1 aromatic rings. The van der Waals surface area contributed by atoms with Crippen molar-refractivity contribution in [2.45, 2.75) is 19.4 Å². The Morgan fingerprint density at radius 1 is 1.50 bits per heavy atom. The maximum Gasteiger partial charge on any atom is 0.311 e. The lowest BCUT2D eigenvalue weighted by atomic mass is 10.2. The molecule has 1 fully saturated rings. The van der Waals surface area contributed by atoms with Crippen molar-refractivity contribution in [1.82, 2.24) is 4.98 Å². The number of sulfone groups is 1. The van der Waals surface area contributed by atoms with Gasteiger partial charge in [-0.2, -0.15) is 0 Å². The summed E-state index contributed by atoms with van der Waals surface area (Å²) in [5.74, 6) is 0.256. The largest absolute Gasteiger partial charge is 0.361 e. The number of nitrogens with one attached hydrogen (secondary N) is 1. The molecule has 8 heteroatoms. The van der Waals surface area contributed by atoms with Crippen LogP contribution in [-0.4, -0.2) is 35.9 Å². The number of hydrogen-bond donors (Lipinski definition) is 1. The maximum atomic E-state index is 11.3. The summed E-state index contributed by atoms with van der Waals surface area (Å²) in [5, 5.41) is 13.7. The van der Waals surface area contributed by atoms with Gasteiger partial charge in [0.2, 0.25) is 5.82 Å². The number of anilines is 1. The fourth-order valence-electron chi connectivity index (χ4n) is 1.91. The van der Waals surface area contributed by atoms with Gasteiger partial charge in [-0.3, -0.25) is 10.1 Å². The molecule has 1 saturated heterocycles. The number of rotatable bonds is 3. The topological polar surface area (TPSA) is 102 Å². The van der Waals surface area contributed by atoms with Gasteiger partial charge in [0.15, 0.2) is 9.84 Å². The third-order valence-electron chi connectivity index (χ3n) is 2.78. The van der Waals surface area contributed by atoms with E-state index in [1.807, 2.05) is 0 Å². The van der Waals surface area contributed by atoms with Crippen LogP contribution in [0, 0.1) is 17.0 Å². The van der Waals surface area contributed by atoms with Gasteiger partial charge in [0, 0.05) is 17.8 Å². The van der Waals surface area contributed by atoms with Crippen LogP contribution in [0.15, 0.2) is 12.1 Å². The molecule has 1 N–H and O–H groups in total. The van der Waals surface area contributed by atoms with Crippen LogP contribution < -0.4 is 5.32 Å². The molecule has 98 valence electrons. The van der Waals surface area contributed by atoms with E-state index >= 15 is 0 Å². The van der Waals surface area contributed by atoms with Gasteiger partial charge in [0.05, 0.1) is 16.4 Å². The van der Waals surface area contributed by atoms with Crippen LogP contribution in [0.2, 0.25) is 0 Å². The molecule has 1 aliphatic heterocycles. The van der Waals surface area contributed by atoms with E-state index in [1.165, 1.54) is 6.07 Å². The molecule has 2 rings (SSSR count). The molecule has 1 atom stereocenters. The second-order valence-corrected chi connectivity index (χ2v) is 6.55. The SMILES string of the molecule is Cc1ccc([N+](=O)[O-])c(NC2CCS(=O)(=O)C2)n1. The lowest BCUT2D eigenvalue weighted by molar-refractivity contribution is -0.384. The van der Waals surface area contributed by atoms with Crippen LogP contribution >= 0.6 is 0 Å². The number of nitrogens with zero attached hydrogens (tertiary/aromatic N) is 2. The van der Waals surface area contributed by atoms with Crippen molar-refractivity contribution in [1.29, 1.82) is 0 Å². The summed E-state index contributed by atoms with van der Waals surface area (Å²) < 4.78 is 22.6. The van der Waals surface area contributed by atoms with E-state index in [-0.39, 0.29) is 29.1 Å². The van der Waals surface area contributed by atoms with Crippen LogP contribution in [0.3, 0.4) is 0 Å². The van der Waals surface area contributed by atoms with E-state index in [0.717, 1.165) is 0 Å². The average molecular weight is 271 g/mol. The van der Waals surface area contributed by atoms with Gasteiger partial charge in [0.25, 0.3) is 0 Å². The zero-order valence-corrected chi connectivity index (χ0v) is 10.6. The molecule has 0 spiro atoms. The average Bonchev–Trinajstić information content (AvgIpc) is 2.57. The highest BCUT2D eigenvalue weighted by molar-refractivity contribution is 7.91. The highest BCUT2D eigenvalue weighted by Gasteiger charge is 2.29. The van der Waals surface area contributed by atoms with Gasteiger partial charge in [-0.05, 0) is 19.4 Å². The van der Waals surface area contributed by atoms with Gasteiger partial charge in [-0.1, -0.05) is 0 Å². The minimum Gasteiger partial charge on any atom is -0.361 e. The highest BCUT2D eigenvalue weighted by Crippen LogP contribution is 2.25. The summed E-state index contributed by atoms with van der Waals surface area (Å²) in [4.78, 5) is 14.4. The summed E-state index contributed by atoms with van der Waals surface area (Å²) in [7, 11) is -3.02. The molecule has 0 radical (unpaired) electrons. The molecule has 0 aromatic carbocycles. The van der Waals surface area contributed by atoms with Gasteiger partial charge >= 0.3 is 5.69 Å². The van der Waals surface area contributed by atoms with E-state index in [4.69, 9.17) is 0 Å². The minimum atomic E-state index is -3.02. The van der Waals surface area contributed by atoms with Crippen LogP contribution in [-0.2, 0) is 9.84 Å². The van der Waals surface area contributed by atoms with Gasteiger partial charge in [-0.15, -0.1) is 0 Å². The van der Waals surface area contributed by atoms with Crippen LogP contribution in [0.25, 0.3) is 0 Å². The summed E-state index contributed by atoms with van der Waals surface area (Å²) in [5.41, 5.74) is 0.508. The Labute approximate surface area is 104 Å². The van der Waals surface area contributed by atoms with Crippen LogP contribution in [0.1, 0.15) is 12.1 Å². The first-order valence-corrected chi connectivity index (χ1v) is 7.28. The van der Waals surface area contributed by atoms with Crippen LogP contribution in [0.5, 0.6) is 0 Å². The second-order valence-electron chi connectivity index (χ2n) is 4.32. The third kappa shape index (κ3) is 2.76. The van der Waals surface area contributed by atoms with Crippen molar-refractivity contribution in [2.24, 2.45) is 0 Å². The summed E-state index contributed by atoms with van der Waals surface area (Å²) in [6, 6.07) is 2.62. The predicted molar refractivity (Wildman–Crippen MR) is 66.3 cm³/mol. The van der Waals surface area contributed by atoms with E-state index in [1.54, 1.807) is 13.0 Å². The molecular weight excluding hydrogens is 258 g/mol. The van der Waals surface area contributed by atoms with Crippen molar-refractivity contribution in [2.75, 3.05) is 16.8 Å². The van der Waals surface area contributed by atoms with E-state index in [9.17, 15) is 18.5 Å². The molecule has 0 amide bonds. The first kappa shape index (κ1) is 12.7. The molecule has 0 bridgehead atoms. The standard InChI is InChI=1S/C10H13N3O4S/c1-7-2-3-9(13(14)15)10(11-7)12-8-4-5-18(16,17)6-8/h2-3,8H,4-6H2,1H3,(H,11,12). The maximum absolute atomic E-state index is 11.3. The number of hydrogen-bond acceptors (Lipinski definition) is 6. The molecule has 0 aliphatic carbocycles. The molecule has 1 unspecified atom stereocenters. The Morgan fingerprint density at radius 2 is 2.22 bits per heavy atom. The van der Waals surface area contributed by atoms with Crippen molar-refractivity contribution < 1.29 is 13.3 Å². The molecule has 0 saturated carbocycles. The molecule has 1 aromatic heterocycles. The lowest BCUT2D eigenvalue weighted by Crippen LogP contribution is -2.22. The summed E-state index contributed by atoms with van der Waals surface area (Å²) in [6.45, 7) is 1.72. The Balaban J connectivity index is 2.23. The first-order chi connectivity index (χ1) is 8.37. The van der Waals surface area contributed by atoms with Gasteiger partial charge in [-0.25, -0.2) is 13.4 Å². The van der Waals surface area contributed by atoms with E-state index in [2.05, 4.69) is 10.3 Å².